The third-order valence-electron chi connectivity index (χ3n) is 17.5. The predicted octanol–water partition coefficient (Wildman–Crippen LogP) is 7.79. The van der Waals surface area contributed by atoms with Crippen molar-refractivity contribution in [3.8, 4) is 11.5 Å². The van der Waals surface area contributed by atoms with Crippen LogP contribution in [0.15, 0.2) is 18.2 Å². The summed E-state index contributed by atoms with van der Waals surface area (Å²) >= 11 is 0. The summed E-state index contributed by atoms with van der Waals surface area (Å²) in [6.07, 6.45) is 12.1. The van der Waals surface area contributed by atoms with E-state index >= 15 is 0 Å². The van der Waals surface area contributed by atoms with Gasteiger partial charge in [0, 0.05) is 24.4 Å². The van der Waals surface area contributed by atoms with E-state index in [1.807, 2.05) is 0 Å². The van der Waals surface area contributed by atoms with Gasteiger partial charge in [-0.15, -0.1) is 0 Å². The van der Waals surface area contributed by atoms with Crippen molar-refractivity contribution in [2.45, 2.75) is 147 Å². The van der Waals surface area contributed by atoms with E-state index in [2.05, 4.69) is 0 Å². The fourth-order valence-corrected chi connectivity index (χ4v) is 17.6. The molecular formula is C48H66O12S2. The quantitative estimate of drug-likeness (QED) is 0.111. The first kappa shape index (κ1) is 45.0. The van der Waals surface area contributed by atoms with Gasteiger partial charge < -0.3 is 49.6 Å². The van der Waals surface area contributed by atoms with Crippen molar-refractivity contribution in [1.29, 1.82) is 0 Å². The van der Waals surface area contributed by atoms with E-state index in [0.29, 0.717) is 59.5 Å². The SMILES string of the molecule is CC(=O)c1c(C)cc2cc(C(=O)O)cc(O[C@@H]3O[C@H](CO)[C@]4(CC[C@@H]5C[C@]6(CC[C@@]7(CCCC78CCCC8)C6)C[C@H]6COC[C@@](CCCO)(CSSCO4)[C@@H]56)[C@H](O)[C@H]3O)c2c1O. The minimum absolute atomic E-state index is 0.0506. The number of carboxylic acids is 1. The largest absolute Gasteiger partial charge is 0.506 e. The lowest BCUT2D eigenvalue weighted by atomic mass is 9.50. The average molecular weight is 899 g/mol. The van der Waals surface area contributed by atoms with Crippen LogP contribution in [0.25, 0.3) is 10.8 Å². The lowest BCUT2D eigenvalue weighted by Crippen LogP contribution is -2.69. The van der Waals surface area contributed by atoms with Gasteiger partial charge in [0.05, 0.1) is 29.7 Å². The average Bonchev–Trinajstić information content (AvgIpc) is 3.96. The molecule has 0 amide bonds. The van der Waals surface area contributed by atoms with Gasteiger partial charge in [-0.1, -0.05) is 46.9 Å². The smallest absolute Gasteiger partial charge is 0.335 e. The van der Waals surface area contributed by atoms with Crippen molar-refractivity contribution in [1.82, 2.24) is 0 Å². The Hall–Kier alpha value is -2.14. The molecule has 2 aromatic rings. The van der Waals surface area contributed by atoms with E-state index in [9.17, 15) is 40.2 Å². The van der Waals surface area contributed by atoms with Crippen LogP contribution in [-0.4, -0.2) is 111 Å². The van der Waals surface area contributed by atoms with E-state index in [0.717, 1.165) is 31.6 Å². The van der Waals surface area contributed by atoms with Crippen molar-refractivity contribution in [3.63, 3.8) is 0 Å². The number of aliphatic hydroxyl groups is 4. The molecule has 3 aliphatic heterocycles. The Morgan fingerprint density at radius 2 is 1.69 bits per heavy atom. The van der Waals surface area contributed by atoms with Crippen LogP contribution >= 0.6 is 21.6 Å². The minimum Gasteiger partial charge on any atom is -0.506 e. The summed E-state index contributed by atoms with van der Waals surface area (Å²) < 4.78 is 26.0. The maximum Gasteiger partial charge on any atom is 0.335 e. The summed E-state index contributed by atoms with van der Waals surface area (Å²) in [4.78, 5) is 24.9. The number of ether oxygens (including phenoxy) is 4. The number of carbonyl (C=O) groups excluding carboxylic acids is 1. The van der Waals surface area contributed by atoms with E-state index in [1.54, 1.807) is 23.8 Å². The molecule has 7 fully saturated rings. The van der Waals surface area contributed by atoms with E-state index in [-0.39, 0.29) is 51.6 Å². The molecule has 11 atom stereocenters. The topological polar surface area (TPSA) is 192 Å². The summed E-state index contributed by atoms with van der Waals surface area (Å²) in [6, 6.07) is 4.16. The third-order valence-corrected chi connectivity index (χ3v) is 19.8. The van der Waals surface area contributed by atoms with Gasteiger partial charge in [-0.05, 0) is 154 Å². The number of carboxylic acid groups (broad SMARTS) is 1. The van der Waals surface area contributed by atoms with Crippen molar-refractivity contribution in [3.05, 3.63) is 34.9 Å². The highest BCUT2D eigenvalue weighted by atomic mass is 33.1. The molecule has 62 heavy (non-hydrogen) atoms. The Kier molecular flexibility index (Phi) is 12.5. The number of benzene rings is 2. The molecule has 6 N–H and O–H groups in total. The molecule has 0 unspecified atom stereocenters. The molecule has 12 nitrogen and oxygen atoms in total. The highest BCUT2D eigenvalue weighted by Gasteiger charge is 2.65. The van der Waals surface area contributed by atoms with Crippen LogP contribution in [0.1, 0.15) is 136 Å². The van der Waals surface area contributed by atoms with Crippen molar-refractivity contribution in [2.24, 2.45) is 39.4 Å². The molecule has 7 aliphatic rings. The number of rotatable bonds is 8. The summed E-state index contributed by atoms with van der Waals surface area (Å²) in [6.45, 7) is 3.91. The maximum absolute atomic E-state index is 12.6. The number of hydrogen-bond acceptors (Lipinski definition) is 13. The van der Waals surface area contributed by atoms with E-state index < -0.39 is 54.3 Å². The number of carbonyl (C=O) groups is 2. The standard InChI is InChI=1S/C48H66O12S2/c1-28-17-31-18-32(42(55)56)19-34(37(31)39(52)36(28)29(2)51)59-43-40(53)41(54)48(35(22-50)60-43)13-7-30-20-44(14-15-47(24-44)12-5-11-46(47)9-3-4-10-46)21-33-23-57-25-45(38(30)33,8-6-16-49)26-61-62-27-58-48/h17-19,30,33,35,38,40-41,43,49-50,52-54H,3-16,20-27H2,1-2H3,(H,55,56)/t30-,33+,35-,38+,40-,41-,43-,44-,45+,47+,48-/m1/s1. The first-order valence-corrected chi connectivity index (χ1v) is 25.6. The van der Waals surface area contributed by atoms with Crippen LogP contribution in [0.4, 0.5) is 0 Å². The molecule has 0 bridgehead atoms. The molecule has 0 aromatic heterocycles. The molecular weight excluding hydrogens is 833 g/mol. The second kappa shape index (κ2) is 17.3. The number of hydrogen-bond donors (Lipinski definition) is 6. The van der Waals surface area contributed by atoms with Gasteiger partial charge >= 0.3 is 5.97 Å². The fourth-order valence-electron chi connectivity index (χ4n) is 15.2. The maximum atomic E-state index is 12.6. The molecule has 4 saturated carbocycles. The van der Waals surface area contributed by atoms with Crippen LogP contribution in [0.2, 0.25) is 0 Å². The summed E-state index contributed by atoms with van der Waals surface area (Å²) in [5.74, 6) is -0.268. The highest BCUT2D eigenvalue weighted by molar-refractivity contribution is 8.76. The monoisotopic (exact) mass is 898 g/mol. The highest BCUT2D eigenvalue weighted by Crippen LogP contribution is 2.74. The summed E-state index contributed by atoms with van der Waals surface area (Å²) in [5, 5.41) is 67.5. The Balaban J connectivity index is 1.05. The Bertz CT molecular complexity index is 2010. The summed E-state index contributed by atoms with van der Waals surface area (Å²) in [5.41, 5.74) is -0.216. The van der Waals surface area contributed by atoms with Gasteiger partial charge in [-0.25, -0.2) is 4.79 Å². The number of aryl methyl sites for hydroxylation is 1. The summed E-state index contributed by atoms with van der Waals surface area (Å²) in [7, 11) is 3.24. The number of Topliss-reactive ketones (excluding diaryl/α,β-unsaturated/α-hetero) is 1. The third kappa shape index (κ3) is 7.41. The number of aromatic hydroxyl groups is 1. The number of ketones is 1. The van der Waals surface area contributed by atoms with Crippen LogP contribution in [0.3, 0.4) is 0 Å². The lowest BCUT2D eigenvalue weighted by Gasteiger charge is -2.58. The second-order valence-corrected chi connectivity index (χ2v) is 23.1. The Labute approximate surface area is 372 Å². The van der Waals surface area contributed by atoms with Gasteiger partial charge in [0.25, 0.3) is 0 Å². The Morgan fingerprint density at radius 1 is 0.935 bits per heavy atom. The second-order valence-electron chi connectivity index (χ2n) is 20.7. The number of phenols is 1. The van der Waals surface area contributed by atoms with Crippen LogP contribution in [0.5, 0.6) is 11.5 Å². The normalized spacial score (nSPS) is 39.4. The van der Waals surface area contributed by atoms with Crippen LogP contribution < -0.4 is 4.74 Å². The zero-order valence-corrected chi connectivity index (χ0v) is 37.9. The van der Waals surface area contributed by atoms with Gasteiger partial charge in [0.1, 0.15) is 41.4 Å². The molecule has 0 radical (unpaired) electrons. The van der Waals surface area contributed by atoms with Crippen molar-refractivity contribution in [2.75, 3.05) is 38.1 Å². The molecule has 4 spiro atoms. The number of fused-ring (bicyclic) bond motifs is 2. The molecule has 9 rings (SSSR count). The molecule has 3 heterocycles. The molecule has 14 heteroatoms. The fraction of sp³-hybridized carbons (Fsp3) is 0.750. The molecule has 2 aromatic carbocycles. The minimum atomic E-state index is -1.71. The zero-order chi connectivity index (χ0) is 43.7. The number of aromatic carboxylic acids is 1. The zero-order valence-electron chi connectivity index (χ0n) is 36.3. The van der Waals surface area contributed by atoms with Crippen molar-refractivity contribution < 1.29 is 59.2 Å². The van der Waals surface area contributed by atoms with Crippen LogP contribution in [0, 0.1) is 46.3 Å². The lowest BCUT2D eigenvalue weighted by molar-refractivity contribution is -0.323. The molecule has 4 aliphatic carbocycles. The van der Waals surface area contributed by atoms with E-state index in [1.165, 1.54) is 94.1 Å². The molecule has 3 saturated heterocycles. The van der Waals surface area contributed by atoms with Crippen molar-refractivity contribution >= 4 is 44.1 Å². The van der Waals surface area contributed by atoms with Gasteiger partial charge in [-0.2, -0.15) is 0 Å². The molecule has 342 valence electrons. The predicted molar refractivity (Wildman–Crippen MR) is 236 cm³/mol. The van der Waals surface area contributed by atoms with Gasteiger partial charge in [0.15, 0.2) is 5.78 Å². The first-order chi connectivity index (χ1) is 29.7. The first-order valence-electron chi connectivity index (χ1n) is 23.2. The Morgan fingerprint density at radius 3 is 2.44 bits per heavy atom. The van der Waals surface area contributed by atoms with E-state index in [4.69, 9.17) is 18.9 Å². The number of aliphatic hydroxyl groups excluding tert-OH is 4. The van der Waals surface area contributed by atoms with Gasteiger partial charge in [-0.3, -0.25) is 4.79 Å². The van der Waals surface area contributed by atoms with Gasteiger partial charge in [0.2, 0.25) is 6.29 Å². The van der Waals surface area contributed by atoms with Crippen LogP contribution in [-0.2, 0) is 14.2 Å². The number of phenolic OH excluding ortho intramolecular Hbond substituents is 1.